The van der Waals surface area contributed by atoms with Gasteiger partial charge in [-0.2, -0.15) is 0 Å². The lowest BCUT2D eigenvalue weighted by molar-refractivity contribution is 0.277. The van der Waals surface area contributed by atoms with E-state index >= 15 is 0 Å². The number of benzene rings is 2. The third-order valence-electron chi connectivity index (χ3n) is 3.84. The molecule has 3 aromatic rings. The van der Waals surface area contributed by atoms with Gasteiger partial charge in [0.2, 0.25) is 0 Å². The van der Waals surface area contributed by atoms with Gasteiger partial charge in [0, 0.05) is 18.5 Å². The van der Waals surface area contributed by atoms with Gasteiger partial charge in [-0.05, 0) is 35.7 Å². The number of hydrogen-bond acceptors (Lipinski definition) is 3. The van der Waals surface area contributed by atoms with E-state index in [0.29, 0.717) is 12.2 Å². The maximum Gasteiger partial charge on any atom is 0.168 e. The van der Waals surface area contributed by atoms with Crippen LogP contribution < -0.4 is 0 Å². The Morgan fingerprint density at radius 1 is 1.12 bits per heavy atom. The number of halogens is 1. The molecule has 0 unspecified atom stereocenters. The second-order valence-corrected chi connectivity index (χ2v) is 6.58. The fourth-order valence-corrected chi connectivity index (χ4v) is 3.53. The van der Waals surface area contributed by atoms with Crippen LogP contribution in [-0.4, -0.2) is 14.7 Å². The molecule has 0 aliphatic carbocycles. The van der Waals surface area contributed by atoms with Gasteiger partial charge in [-0.3, -0.25) is 0 Å². The molecule has 0 spiro atoms. The van der Waals surface area contributed by atoms with Gasteiger partial charge in [0.1, 0.15) is 5.82 Å². The second-order valence-electron chi connectivity index (χ2n) is 5.64. The molecule has 124 valence electrons. The third-order valence-corrected chi connectivity index (χ3v) is 4.88. The first kappa shape index (κ1) is 16.7. The highest BCUT2D eigenvalue weighted by atomic mass is 32.2. The Hall–Kier alpha value is -2.11. The van der Waals surface area contributed by atoms with Gasteiger partial charge in [0.15, 0.2) is 5.16 Å². The lowest BCUT2D eigenvalue weighted by Crippen LogP contribution is -2.00. The summed E-state index contributed by atoms with van der Waals surface area (Å²) >= 11 is 1.64. The van der Waals surface area contributed by atoms with Gasteiger partial charge in [0.25, 0.3) is 0 Å². The van der Waals surface area contributed by atoms with Crippen LogP contribution in [0, 0.1) is 12.7 Å². The van der Waals surface area contributed by atoms with Gasteiger partial charge in [-0.25, -0.2) is 9.37 Å². The van der Waals surface area contributed by atoms with Crippen LogP contribution in [0.5, 0.6) is 0 Å². The smallest absolute Gasteiger partial charge is 0.168 e. The predicted molar refractivity (Wildman–Crippen MR) is 94.4 cm³/mol. The summed E-state index contributed by atoms with van der Waals surface area (Å²) in [6, 6.07) is 14.7. The normalized spacial score (nSPS) is 11.0. The lowest BCUT2D eigenvalue weighted by Gasteiger charge is -2.09. The SMILES string of the molecule is Cc1ccccc1CSc1nc(CO)cn1Cc1ccc(F)cc1. The molecule has 0 amide bonds. The van der Waals surface area contributed by atoms with E-state index in [2.05, 4.69) is 24.0 Å². The summed E-state index contributed by atoms with van der Waals surface area (Å²) in [4.78, 5) is 4.49. The Bertz CT molecular complexity index is 814. The molecule has 0 radical (unpaired) electrons. The van der Waals surface area contributed by atoms with Crippen LogP contribution in [-0.2, 0) is 18.9 Å². The molecule has 3 rings (SSSR count). The number of imidazole rings is 1. The minimum absolute atomic E-state index is 0.0889. The van der Waals surface area contributed by atoms with Crippen molar-refractivity contribution in [2.24, 2.45) is 0 Å². The predicted octanol–water partition coefficient (Wildman–Crippen LogP) is 4.16. The molecule has 0 saturated carbocycles. The fraction of sp³-hybridized carbons (Fsp3) is 0.211. The van der Waals surface area contributed by atoms with Crippen molar-refractivity contribution < 1.29 is 9.50 Å². The summed E-state index contributed by atoms with van der Waals surface area (Å²) in [7, 11) is 0. The maximum atomic E-state index is 13.1. The van der Waals surface area contributed by atoms with E-state index < -0.39 is 0 Å². The van der Waals surface area contributed by atoms with Gasteiger partial charge in [-0.15, -0.1) is 0 Å². The third kappa shape index (κ3) is 4.04. The summed E-state index contributed by atoms with van der Waals surface area (Å²) in [6.45, 7) is 2.61. The summed E-state index contributed by atoms with van der Waals surface area (Å²) in [6.07, 6.45) is 1.85. The fourth-order valence-electron chi connectivity index (χ4n) is 2.46. The molecule has 0 fully saturated rings. The topological polar surface area (TPSA) is 38.1 Å². The van der Waals surface area contributed by atoms with Crippen LogP contribution in [0.25, 0.3) is 0 Å². The minimum atomic E-state index is -0.241. The number of rotatable bonds is 6. The lowest BCUT2D eigenvalue weighted by atomic mass is 10.1. The van der Waals surface area contributed by atoms with E-state index in [1.807, 2.05) is 22.9 Å². The number of aryl methyl sites for hydroxylation is 1. The zero-order chi connectivity index (χ0) is 16.9. The van der Waals surface area contributed by atoms with Crippen LogP contribution in [0.3, 0.4) is 0 Å². The van der Waals surface area contributed by atoms with Crippen molar-refractivity contribution >= 4 is 11.8 Å². The quantitative estimate of drug-likeness (QED) is 0.684. The molecular formula is C19H19FN2OS. The number of aromatic nitrogens is 2. The van der Waals surface area contributed by atoms with Gasteiger partial charge < -0.3 is 9.67 Å². The summed E-state index contributed by atoms with van der Waals surface area (Å²) in [5, 5.41) is 10.2. The number of nitrogens with zero attached hydrogens (tertiary/aromatic N) is 2. The Kier molecular flexibility index (Phi) is 5.33. The highest BCUT2D eigenvalue weighted by molar-refractivity contribution is 7.98. The molecule has 2 aromatic carbocycles. The van der Waals surface area contributed by atoms with Crippen molar-refractivity contribution in [1.29, 1.82) is 0 Å². The number of aliphatic hydroxyl groups excluding tert-OH is 1. The average Bonchev–Trinajstić information content (AvgIpc) is 2.98. The largest absolute Gasteiger partial charge is 0.390 e. The van der Waals surface area contributed by atoms with Crippen LogP contribution in [0.4, 0.5) is 4.39 Å². The summed E-state index contributed by atoms with van der Waals surface area (Å²) in [5.41, 5.74) is 4.16. The highest BCUT2D eigenvalue weighted by Gasteiger charge is 2.10. The molecule has 24 heavy (non-hydrogen) atoms. The first-order valence-corrected chi connectivity index (χ1v) is 8.73. The van der Waals surface area contributed by atoms with E-state index in [0.717, 1.165) is 16.5 Å². The van der Waals surface area contributed by atoms with Gasteiger partial charge in [0.05, 0.1) is 12.3 Å². The van der Waals surface area contributed by atoms with E-state index in [4.69, 9.17) is 0 Å². The van der Waals surface area contributed by atoms with Crippen molar-refractivity contribution in [3.63, 3.8) is 0 Å². The van der Waals surface area contributed by atoms with Crippen molar-refractivity contribution in [3.8, 4) is 0 Å². The Balaban J connectivity index is 1.78. The number of aliphatic hydroxyl groups is 1. The van der Waals surface area contributed by atoms with E-state index in [1.54, 1.807) is 23.9 Å². The first-order chi connectivity index (χ1) is 11.7. The van der Waals surface area contributed by atoms with E-state index in [-0.39, 0.29) is 12.4 Å². The van der Waals surface area contributed by atoms with Crippen molar-refractivity contribution in [1.82, 2.24) is 9.55 Å². The van der Waals surface area contributed by atoms with E-state index in [1.165, 1.54) is 23.3 Å². The molecule has 1 heterocycles. The van der Waals surface area contributed by atoms with Crippen LogP contribution in [0.2, 0.25) is 0 Å². The Morgan fingerprint density at radius 3 is 2.58 bits per heavy atom. The Labute approximate surface area is 145 Å². The monoisotopic (exact) mass is 342 g/mol. The minimum Gasteiger partial charge on any atom is -0.390 e. The molecular weight excluding hydrogens is 323 g/mol. The molecule has 1 aromatic heterocycles. The molecule has 0 aliphatic heterocycles. The van der Waals surface area contributed by atoms with Crippen molar-refractivity contribution in [2.75, 3.05) is 0 Å². The zero-order valence-corrected chi connectivity index (χ0v) is 14.3. The standard InChI is InChI=1S/C19H19FN2OS/c1-14-4-2-3-5-16(14)13-24-19-21-18(12-23)11-22(19)10-15-6-8-17(20)9-7-15/h2-9,11,23H,10,12-13H2,1H3. The first-order valence-electron chi connectivity index (χ1n) is 7.74. The molecule has 0 aliphatic rings. The summed E-state index contributed by atoms with van der Waals surface area (Å²) < 4.78 is 15.1. The maximum absolute atomic E-state index is 13.1. The number of hydrogen-bond donors (Lipinski definition) is 1. The van der Waals surface area contributed by atoms with Gasteiger partial charge >= 0.3 is 0 Å². The van der Waals surface area contributed by atoms with Crippen LogP contribution >= 0.6 is 11.8 Å². The average molecular weight is 342 g/mol. The molecule has 0 bridgehead atoms. The zero-order valence-electron chi connectivity index (χ0n) is 13.4. The molecule has 1 N–H and O–H groups in total. The van der Waals surface area contributed by atoms with Gasteiger partial charge in [-0.1, -0.05) is 48.2 Å². The molecule has 5 heteroatoms. The number of thioether (sulfide) groups is 1. The van der Waals surface area contributed by atoms with Crippen molar-refractivity contribution in [2.45, 2.75) is 31.0 Å². The second kappa shape index (κ2) is 7.64. The van der Waals surface area contributed by atoms with Crippen molar-refractivity contribution in [3.05, 3.63) is 82.9 Å². The van der Waals surface area contributed by atoms with Crippen LogP contribution in [0.1, 0.15) is 22.4 Å². The highest BCUT2D eigenvalue weighted by Crippen LogP contribution is 2.25. The molecule has 3 nitrogen and oxygen atoms in total. The summed E-state index contributed by atoms with van der Waals surface area (Å²) in [5.74, 6) is 0.576. The Morgan fingerprint density at radius 2 is 1.88 bits per heavy atom. The van der Waals surface area contributed by atoms with E-state index in [9.17, 15) is 9.50 Å². The van der Waals surface area contributed by atoms with Crippen LogP contribution in [0.15, 0.2) is 59.9 Å². The molecule has 0 saturated heterocycles. The molecule has 0 atom stereocenters.